The summed E-state index contributed by atoms with van der Waals surface area (Å²) in [4.78, 5) is 22.1. The van der Waals surface area contributed by atoms with Gasteiger partial charge in [0.15, 0.2) is 0 Å². The molecule has 7 heteroatoms. The highest BCUT2D eigenvalue weighted by Gasteiger charge is 2.15. The van der Waals surface area contributed by atoms with E-state index in [1.54, 1.807) is 0 Å². The first-order valence-electron chi connectivity index (χ1n) is 6.99. The van der Waals surface area contributed by atoms with Gasteiger partial charge in [-0.3, -0.25) is 14.9 Å². The number of nitrogens with two attached hydrogens (primary N) is 1. The van der Waals surface area contributed by atoms with Crippen molar-refractivity contribution in [3.8, 4) is 5.75 Å². The number of nitrogen functional groups attached to an aromatic ring is 1. The maximum absolute atomic E-state index is 12.0. The number of carbonyl (C=O) groups is 1. The number of benzene rings is 2. The van der Waals surface area contributed by atoms with Gasteiger partial charge in [0.2, 0.25) is 0 Å². The molecule has 0 aliphatic heterocycles. The van der Waals surface area contributed by atoms with Crippen LogP contribution in [0.15, 0.2) is 42.5 Å². The van der Waals surface area contributed by atoms with E-state index in [1.807, 2.05) is 31.2 Å². The van der Waals surface area contributed by atoms with Crippen LogP contribution in [0.25, 0.3) is 0 Å². The minimum atomic E-state index is -0.618. The number of amides is 1. The van der Waals surface area contributed by atoms with Gasteiger partial charge in [-0.1, -0.05) is 17.7 Å². The van der Waals surface area contributed by atoms with Gasteiger partial charge in [0.1, 0.15) is 18.0 Å². The van der Waals surface area contributed by atoms with E-state index in [0.29, 0.717) is 12.4 Å². The van der Waals surface area contributed by atoms with Crippen LogP contribution in [-0.2, 0) is 0 Å². The normalized spacial score (nSPS) is 10.1. The molecule has 23 heavy (non-hydrogen) atoms. The van der Waals surface area contributed by atoms with Crippen LogP contribution in [0.2, 0.25) is 0 Å². The van der Waals surface area contributed by atoms with Gasteiger partial charge in [0, 0.05) is 11.6 Å². The fraction of sp³-hybridized carbons (Fsp3) is 0.188. The lowest BCUT2D eigenvalue weighted by Crippen LogP contribution is -2.28. The SMILES string of the molecule is Cc1ccc(OCCNC(=O)c2ccc(N)c([N+](=O)[O-])c2)cc1. The highest BCUT2D eigenvalue weighted by molar-refractivity contribution is 5.95. The molecule has 0 aromatic heterocycles. The molecule has 3 N–H and O–H groups in total. The zero-order valence-electron chi connectivity index (χ0n) is 12.6. The summed E-state index contributed by atoms with van der Waals surface area (Å²) in [5, 5.41) is 13.5. The lowest BCUT2D eigenvalue weighted by molar-refractivity contribution is -0.383. The van der Waals surface area contributed by atoms with Gasteiger partial charge in [-0.05, 0) is 31.2 Å². The maximum Gasteiger partial charge on any atom is 0.292 e. The molecule has 0 aliphatic rings. The minimum Gasteiger partial charge on any atom is -0.492 e. The molecular weight excluding hydrogens is 298 g/mol. The second-order valence-electron chi connectivity index (χ2n) is 4.95. The molecule has 2 aromatic carbocycles. The number of nitrogens with one attached hydrogen (secondary N) is 1. The quantitative estimate of drug-likeness (QED) is 0.368. The molecule has 0 saturated carbocycles. The van der Waals surface area contributed by atoms with Gasteiger partial charge < -0.3 is 15.8 Å². The lowest BCUT2D eigenvalue weighted by Gasteiger charge is -2.08. The van der Waals surface area contributed by atoms with Gasteiger partial charge in [-0.25, -0.2) is 0 Å². The first kappa shape index (κ1) is 16.3. The van der Waals surface area contributed by atoms with Crippen molar-refractivity contribution < 1.29 is 14.5 Å². The van der Waals surface area contributed by atoms with E-state index < -0.39 is 10.8 Å². The molecule has 0 bridgehead atoms. The van der Waals surface area contributed by atoms with Crippen LogP contribution in [-0.4, -0.2) is 24.0 Å². The maximum atomic E-state index is 12.0. The number of rotatable bonds is 6. The van der Waals surface area contributed by atoms with Crippen LogP contribution in [0.1, 0.15) is 15.9 Å². The smallest absolute Gasteiger partial charge is 0.292 e. The van der Waals surface area contributed by atoms with Crippen molar-refractivity contribution in [2.24, 2.45) is 0 Å². The van der Waals surface area contributed by atoms with Crippen molar-refractivity contribution in [2.45, 2.75) is 6.92 Å². The van der Waals surface area contributed by atoms with E-state index in [0.717, 1.165) is 11.6 Å². The molecule has 7 nitrogen and oxygen atoms in total. The molecular formula is C16H17N3O4. The van der Waals surface area contributed by atoms with Crippen molar-refractivity contribution in [3.05, 3.63) is 63.7 Å². The molecule has 0 radical (unpaired) electrons. The number of nitro groups is 1. The van der Waals surface area contributed by atoms with Gasteiger partial charge >= 0.3 is 0 Å². The molecule has 0 fully saturated rings. The number of anilines is 1. The molecule has 0 aliphatic carbocycles. The highest BCUT2D eigenvalue weighted by atomic mass is 16.6. The highest BCUT2D eigenvalue weighted by Crippen LogP contribution is 2.22. The average molecular weight is 315 g/mol. The van der Waals surface area contributed by atoms with Gasteiger partial charge in [-0.2, -0.15) is 0 Å². The van der Waals surface area contributed by atoms with E-state index in [-0.39, 0.29) is 23.5 Å². The summed E-state index contributed by atoms with van der Waals surface area (Å²) >= 11 is 0. The summed E-state index contributed by atoms with van der Waals surface area (Å²) in [6.45, 7) is 2.56. The molecule has 0 saturated heterocycles. The second kappa shape index (κ2) is 7.26. The van der Waals surface area contributed by atoms with Crippen molar-refractivity contribution in [2.75, 3.05) is 18.9 Å². The van der Waals surface area contributed by atoms with Crippen molar-refractivity contribution in [1.29, 1.82) is 0 Å². The predicted molar refractivity (Wildman–Crippen MR) is 86.5 cm³/mol. The summed E-state index contributed by atoms with van der Waals surface area (Å²) in [5.41, 5.74) is 6.55. The minimum absolute atomic E-state index is 0.0225. The van der Waals surface area contributed by atoms with E-state index in [4.69, 9.17) is 10.5 Å². The number of ether oxygens (including phenoxy) is 1. The molecule has 0 heterocycles. The number of nitrogens with zero attached hydrogens (tertiary/aromatic N) is 1. The summed E-state index contributed by atoms with van der Waals surface area (Å²) in [6, 6.07) is 11.5. The zero-order valence-corrected chi connectivity index (χ0v) is 12.6. The monoisotopic (exact) mass is 315 g/mol. The van der Waals surface area contributed by atoms with E-state index in [2.05, 4.69) is 5.32 Å². The Labute approximate surface area is 133 Å². The van der Waals surface area contributed by atoms with E-state index in [9.17, 15) is 14.9 Å². The van der Waals surface area contributed by atoms with Gasteiger partial charge in [-0.15, -0.1) is 0 Å². The van der Waals surface area contributed by atoms with Gasteiger partial charge in [0.25, 0.3) is 11.6 Å². The third-order valence-electron chi connectivity index (χ3n) is 3.17. The van der Waals surface area contributed by atoms with Crippen LogP contribution < -0.4 is 15.8 Å². The standard InChI is InChI=1S/C16H17N3O4/c1-11-2-5-13(6-3-11)23-9-8-18-16(20)12-4-7-14(17)15(10-12)19(21)22/h2-7,10H,8-9,17H2,1H3,(H,18,20). The number of hydrogen-bond donors (Lipinski definition) is 2. The number of nitro benzene ring substituents is 1. The Hall–Kier alpha value is -3.09. The first-order chi connectivity index (χ1) is 11.0. The zero-order chi connectivity index (χ0) is 16.8. The summed E-state index contributed by atoms with van der Waals surface area (Å²) in [5.74, 6) is 0.300. The third-order valence-corrected chi connectivity index (χ3v) is 3.17. The number of aryl methyl sites for hydroxylation is 1. The Morgan fingerprint density at radius 1 is 1.26 bits per heavy atom. The van der Waals surface area contributed by atoms with Crippen LogP contribution in [0.3, 0.4) is 0 Å². The van der Waals surface area contributed by atoms with Crippen LogP contribution in [0, 0.1) is 17.0 Å². The Kier molecular flexibility index (Phi) is 5.14. The van der Waals surface area contributed by atoms with E-state index in [1.165, 1.54) is 12.1 Å². The molecule has 2 aromatic rings. The largest absolute Gasteiger partial charge is 0.492 e. The average Bonchev–Trinajstić information content (AvgIpc) is 2.53. The molecule has 0 atom stereocenters. The molecule has 120 valence electrons. The Morgan fingerprint density at radius 3 is 2.61 bits per heavy atom. The van der Waals surface area contributed by atoms with Crippen LogP contribution in [0.5, 0.6) is 5.75 Å². The lowest BCUT2D eigenvalue weighted by atomic mass is 10.1. The Bertz CT molecular complexity index is 714. The van der Waals surface area contributed by atoms with Crippen molar-refractivity contribution >= 4 is 17.3 Å². The molecule has 0 spiro atoms. The van der Waals surface area contributed by atoms with Crippen molar-refractivity contribution in [3.63, 3.8) is 0 Å². The van der Waals surface area contributed by atoms with Gasteiger partial charge in [0.05, 0.1) is 11.5 Å². The van der Waals surface area contributed by atoms with Crippen molar-refractivity contribution in [1.82, 2.24) is 5.32 Å². The second-order valence-corrected chi connectivity index (χ2v) is 4.95. The molecule has 0 unspecified atom stereocenters. The predicted octanol–water partition coefficient (Wildman–Crippen LogP) is 2.29. The van der Waals surface area contributed by atoms with Crippen LogP contribution >= 0.6 is 0 Å². The summed E-state index contributed by atoms with van der Waals surface area (Å²) < 4.78 is 5.49. The third kappa shape index (κ3) is 4.44. The first-order valence-corrected chi connectivity index (χ1v) is 6.99. The number of carbonyl (C=O) groups excluding carboxylic acids is 1. The summed E-state index contributed by atoms with van der Waals surface area (Å²) in [7, 11) is 0. The fourth-order valence-electron chi connectivity index (χ4n) is 1.91. The molecule has 1 amide bonds. The number of hydrogen-bond acceptors (Lipinski definition) is 5. The topological polar surface area (TPSA) is 107 Å². The fourth-order valence-corrected chi connectivity index (χ4v) is 1.91. The Balaban J connectivity index is 1.86. The van der Waals surface area contributed by atoms with Crippen LogP contribution in [0.4, 0.5) is 11.4 Å². The molecule has 2 rings (SSSR count). The summed E-state index contributed by atoms with van der Waals surface area (Å²) in [6.07, 6.45) is 0. The Morgan fingerprint density at radius 2 is 1.96 bits per heavy atom. The van der Waals surface area contributed by atoms with E-state index >= 15 is 0 Å².